The number of carbonyl (C=O) groups excluding carboxylic acids is 1. The van der Waals surface area contributed by atoms with E-state index in [1.807, 2.05) is 29.6 Å². The van der Waals surface area contributed by atoms with E-state index in [0.29, 0.717) is 12.4 Å². The molecule has 0 atom stereocenters. The summed E-state index contributed by atoms with van der Waals surface area (Å²) >= 11 is 7.10. The highest BCUT2D eigenvalue weighted by molar-refractivity contribution is 7.17. The fourth-order valence-electron chi connectivity index (χ4n) is 1.41. The average Bonchev–Trinajstić information content (AvgIpc) is 2.69. The van der Waals surface area contributed by atoms with Gasteiger partial charge in [0.2, 0.25) is 0 Å². The minimum atomic E-state index is -0.0481. The van der Waals surface area contributed by atoms with E-state index >= 15 is 0 Å². The quantitative estimate of drug-likeness (QED) is 0.820. The fourth-order valence-corrected chi connectivity index (χ4v) is 2.45. The Kier molecular flexibility index (Phi) is 3.23. The first kappa shape index (κ1) is 10.5. The maximum Gasteiger partial charge on any atom is 0.252 e. The number of fused-ring (bicyclic) bond motifs is 1. The zero-order valence-corrected chi connectivity index (χ0v) is 9.57. The topological polar surface area (TPSA) is 29.1 Å². The third-order valence-electron chi connectivity index (χ3n) is 2.11. The van der Waals surface area contributed by atoms with Crippen LogP contribution in [0, 0.1) is 0 Å². The van der Waals surface area contributed by atoms with E-state index in [9.17, 15) is 4.79 Å². The summed E-state index contributed by atoms with van der Waals surface area (Å²) in [7, 11) is 0. The van der Waals surface area contributed by atoms with E-state index in [4.69, 9.17) is 11.6 Å². The van der Waals surface area contributed by atoms with Crippen LogP contribution in [0.25, 0.3) is 10.1 Å². The summed E-state index contributed by atoms with van der Waals surface area (Å²) in [6.45, 7) is 0.505. The first-order valence-corrected chi connectivity index (χ1v) is 6.04. The number of carbonyl (C=O) groups is 1. The van der Waals surface area contributed by atoms with Gasteiger partial charge in [0.1, 0.15) is 0 Å². The predicted molar refractivity (Wildman–Crippen MR) is 64.9 cm³/mol. The largest absolute Gasteiger partial charge is 0.351 e. The highest BCUT2D eigenvalue weighted by Crippen LogP contribution is 2.25. The smallest absolute Gasteiger partial charge is 0.252 e. The summed E-state index contributed by atoms with van der Waals surface area (Å²) in [5.74, 6) is 0.390. The molecule has 4 heteroatoms. The van der Waals surface area contributed by atoms with Crippen molar-refractivity contribution in [2.45, 2.75) is 0 Å². The standard InChI is InChI=1S/C11H10ClNOS/c12-5-6-13-11(14)9-7-15-10-4-2-1-3-8(9)10/h1-4,7H,5-6H2,(H,13,14). The second-order valence-corrected chi connectivity index (χ2v) is 4.38. The van der Waals surface area contributed by atoms with Gasteiger partial charge in [-0.15, -0.1) is 22.9 Å². The molecule has 0 unspecified atom stereocenters. The predicted octanol–water partition coefficient (Wildman–Crippen LogP) is 2.87. The van der Waals surface area contributed by atoms with Crippen LogP contribution in [0.1, 0.15) is 10.4 Å². The van der Waals surface area contributed by atoms with Crippen molar-refractivity contribution in [3.8, 4) is 0 Å². The molecule has 0 aliphatic rings. The van der Waals surface area contributed by atoms with Crippen LogP contribution in [0.4, 0.5) is 0 Å². The third-order valence-corrected chi connectivity index (χ3v) is 3.26. The number of thiophene rings is 1. The van der Waals surface area contributed by atoms with Crippen molar-refractivity contribution < 1.29 is 4.79 Å². The summed E-state index contributed by atoms with van der Waals surface area (Å²) in [6, 6.07) is 7.88. The van der Waals surface area contributed by atoms with Crippen LogP contribution >= 0.6 is 22.9 Å². The van der Waals surface area contributed by atoms with Crippen LogP contribution in [-0.2, 0) is 0 Å². The van der Waals surface area contributed by atoms with Crippen molar-refractivity contribution in [2.24, 2.45) is 0 Å². The maximum atomic E-state index is 11.7. The Morgan fingerprint density at radius 3 is 3.00 bits per heavy atom. The second-order valence-electron chi connectivity index (χ2n) is 3.09. The van der Waals surface area contributed by atoms with Crippen LogP contribution in [-0.4, -0.2) is 18.3 Å². The van der Waals surface area contributed by atoms with Crippen molar-refractivity contribution in [1.29, 1.82) is 0 Å². The van der Waals surface area contributed by atoms with Gasteiger partial charge < -0.3 is 5.32 Å². The Bertz CT molecular complexity index is 480. The molecule has 0 radical (unpaired) electrons. The van der Waals surface area contributed by atoms with Gasteiger partial charge in [-0.1, -0.05) is 18.2 Å². The van der Waals surface area contributed by atoms with E-state index in [1.165, 1.54) is 0 Å². The lowest BCUT2D eigenvalue weighted by Crippen LogP contribution is -2.24. The number of hydrogen-bond acceptors (Lipinski definition) is 2. The maximum absolute atomic E-state index is 11.7. The molecule has 1 heterocycles. The Balaban J connectivity index is 2.31. The number of nitrogens with one attached hydrogen (secondary N) is 1. The molecule has 0 saturated heterocycles. The molecule has 2 nitrogen and oxygen atoms in total. The third kappa shape index (κ3) is 2.13. The van der Waals surface area contributed by atoms with E-state index in [-0.39, 0.29) is 5.91 Å². The highest BCUT2D eigenvalue weighted by Gasteiger charge is 2.10. The summed E-state index contributed by atoms with van der Waals surface area (Å²) in [4.78, 5) is 11.7. The normalized spacial score (nSPS) is 10.5. The first-order valence-electron chi connectivity index (χ1n) is 4.63. The number of amides is 1. The van der Waals surface area contributed by atoms with E-state index in [0.717, 1.165) is 15.6 Å². The summed E-state index contributed by atoms with van der Waals surface area (Å²) < 4.78 is 1.13. The molecule has 0 aliphatic heterocycles. The van der Waals surface area contributed by atoms with Gasteiger partial charge >= 0.3 is 0 Å². The zero-order valence-electron chi connectivity index (χ0n) is 8.00. The number of benzene rings is 1. The zero-order chi connectivity index (χ0) is 10.7. The number of alkyl halides is 1. The SMILES string of the molecule is O=C(NCCCl)c1csc2ccccc12. The van der Waals surface area contributed by atoms with E-state index < -0.39 is 0 Å². The first-order chi connectivity index (χ1) is 7.33. The Morgan fingerprint density at radius 2 is 2.20 bits per heavy atom. The van der Waals surface area contributed by atoms with E-state index in [1.54, 1.807) is 11.3 Å². The molecule has 78 valence electrons. The molecule has 1 N–H and O–H groups in total. The average molecular weight is 240 g/mol. The second kappa shape index (κ2) is 4.64. The molecule has 1 aromatic carbocycles. The highest BCUT2D eigenvalue weighted by atomic mass is 35.5. The monoisotopic (exact) mass is 239 g/mol. The van der Waals surface area contributed by atoms with Crippen molar-refractivity contribution in [1.82, 2.24) is 5.32 Å². The summed E-state index contributed by atoms with van der Waals surface area (Å²) in [5, 5.41) is 5.65. The van der Waals surface area contributed by atoms with Crippen LogP contribution < -0.4 is 5.32 Å². The van der Waals surface area contributed by atoms with Gasteiger partial charge in [0.05, 0.1) is 5.56 Å². The number of hydrogen-bond donors (Lipinski definition) is 1. The van der Waals surface area contributed by atoms with Crippen molar-refractivity contribution >= 4 is 38.9 Å². The van der Waals surface area contributed by atoms with Gasteiger partial charge in [-0.05, 0) is 6.07 Å². The molecular formula is C11H10ClNOS. The molecule has 0 aliphatic carbocycles. The van der Waals surface area contributed by atoms with Crippen molar-refractivity contribution in [3.05, 3.63) is 35.2 Å². The van der Waals surface area contributed by atoms with Gasteiger partial charge in [0.25, 0.3) is 5.91 Å². The lowest BCUT2D eigenvalue weighted by atomic mass is 10.2. The molecule has 2 aromatic rings. The summed E-state index contributed by atoms with van der Waals surface area (Å²) in [6.07, 6.45) is 0. The molecule has 2 rings (SSSR count). The van der Waals surface area contributed by atoms with Crippen molar-refractivity contribution in [2.75, 3.05) is 12.4 Å². The van der Waals surface area contributed by atoms with Crippen LogP contribution in [0.15, 0.2) is 29.6 Å². The molecular weight excluding hydrogens is 230 g/mol. The van der Waals surface area contributed by atoms with Gasteiger partial charge in [-0.2, -0.15) is 0 Å². The molecule has 0 fully saturated rings. The number of halogens is 1. The van der Waals surface area contributed by atoms with Crippen molar-refractivity contribution in [3.63, 3.8) is 0 Å². The van der Waals surface area contributed by atoms with Gasteiger partial charge in [0.15, 0.2) is 0 Å². The minimum Gasteiger partial charge on any atom is -0.351 e. The molecule has 1 aromatic heterocycles. The lowest BCUT2D eigenvalue weighted by molar-refractivity contribution is 0.0958. The van der Waals surface area contributed by atoms with Gasteiger partial charge in [-0.25, -0.2) is 0 Å². The fraction of sp³-hybridized carbons (Fsp3) is 0.182. The minimum absolute atomic E-state index is 0.0481. The molecule has 0 saturated carbocycles. The Labute approximate surface area is 96.9 Å². The van der Waals surface area contributed by atoms with Crippen LogP contribution in [0.3, 0.4) is 0 Å². The van der Waals surface area contributed by atoms with Gasteiger partial charge in [-0.3, -0.25) is 4.79 Å². The molecule has 0 bridgehead atoms. The Morgan fingerprint density at radius 1 is 1.40 bits per heavy atom. The molecule has 0 spiro atoms. The van der Waals surface area contributed by atoms with E-state index in [2.05, 4.69) is 5.32 Å². The molecule has 15 heavy (non-hydrogen) atoms. The van der Waals surface area contributed by atoms with Crippen LogP contribution in [0.2, 0.25) is 0 Å². The Hall–Kier alpha value is -1.06. The molecule has 1 amide bonds. The van der Waals surface area contributed by atoms with Gasteiger partial charge in [0, 0.05) is 27.9 Å². The van der Waals surface area contributed by atoms with Crippen LogP contribution in [0.5, 0.6) is 0 Å². The lowest BCUT2D eigenvalue weighted by Gasteiger charge is -2.00. The number of rotatable bonds is 3. The summed E-state index contributed by atoms with van der Waals surface area (Å²) in [5.41, 5.74) is 0.737.